The van der Waals surface area contributed by atoms with E-state index in [1.54, 1.807) is 18.3 Å². The zero-order valence-corrected chi connectivity index (χ0v) is 20.5. The van der Waals surface area contributed by atoms with Gasteiger partial charge in [0, 0.05) is 11.1 Å². The molecule has 1 N–H and O–H groups in total. The van der Waals surface area contributed by atoms with E-state index in [-0.39, 0.29) is 30.0 Å². The highest BCUT2D eigenvalue weighted by molar-refractivity contribution is 6.22. The van der Waals surface area contributed by atoms with Gasteiger partial charge < -0.3 is 5.32 Å². The summed E-state index contributed by atoms with van der Waals surface area (Å²) in [6.07, 6.45) is 4.79. The van der Waals surface area contributed by atoms with Gasteiger partial charge in [0.05, 0.1) is 29.9 Å². The molecule has 0 saturated carbocycles. The van der Waals surface area contributed by atoms with Gasteiger partial charge in [0.2, 0.25) is 0 Å². The third-order valence-electron chi connectivity index (χ3n) is 7.26. The van der Waals surface area contributed by atoms with E-state index in [0.29, 0.717) is 16.9 Å². The number of nitrogens with one attached hydrogen (secondary N) is 1. The first kappa shape index (κ1) is 22.9. The zero-order valence-electron chi connectivity index (χ0n) is 20.5. The van der Waals surface area contributed by atoms with Crippen molar-refractivity contribution in [2.45, 2.75) is 38.8 Å². The van der Waals surface area contributed by atoms with Gasteiger partial charge in [0.15, 0.2) is 0 Å². The Hall–Kier alpha value is -4.52. The van der Waals surface area contributed by atoms with Crippen LogP contribution in [-0.2, 0) is 13.0 Å². The van der Waals surface area contributed by atoms with Gasteiger partial charge in [0.1, 0.15) is 5.82 Å². The first-order chi connectivity index (χ1) is 18.0. The Morgan fingerprint density at radius 3 is 2.57 bits per heavy atom. The molecule has 0 bridgehead atoms. The molecule has 7 nitrogen and oxygen atoms in total. The Balaban J connectivity index is 1.26. The summed E-state index contributed by atoms with van der Waals surface area (Å²) < 4.78 is 1.90. The third kappa shape index (κ3) is 4.02. The number of hydrogen-bond acceptors (Lipinski definition) is 4. The Kier molecular flexibility index (Phi) is 5.68. The van der Waals surface area contributed by atoms with Crippen LogP contribution in [0.5, 0.6) is 0 Å². The second-order valence-corrected chi connectivity index (χ2v) is 9.62. The highest BCUT2D eigenvalue weighted by atomic mass is 16.2. The Labute approximate surface area is 214 Å². The van der Waals surface area contributed by atoms with Crippen molar-refractivity contribution in [2.24, 2.45) is 0 Å². The van der Waals surface area contributed by atoms with Crippen molar-refractivity contribution >= 4 is 23.5 Å². The largest absolute Gasteiger partial charge is 0.307 e. The highest BCUT2D eigenvalue weighted by Gasteiger charge is 2.36. The number of fused-ring (bicyclic) bond motifs is 2. The summed E-state index contributed by atoms with van der Waals surface area (Å²) in [6.45, 7) is 2.11. The van der Waals surface area contributed by atoms with Crippen LogP contribution in [0.4, 0.5) is 5.82 Å². The molecule has 1 unspecified atom stereocenters. The minimum absolute atomic E-state index is 0.0414. The maximum Gasteiger partial charge on any atom is 0.261 e. The molecule has 7 heteroatoms. The van der Waals surface area contributed by atoms with Gasteiger partial charge >= 0.3 is 0 Å². The molecule has 1 aromatic heterocycles. The summed E-state index contributed by atoms with van der Waals surface area (Å²) in [5.41, 5.74) is 5.15. The monoisotopic (exact) mass is 490 g/mol. The van der Waals surface area contributed by atoms with E-state index in [1.807, 2.05) is 48.0 Å². The lowest BCUT2D eigenvalue weighted by atomic mass is 9.88. The van der Waals surface area contributed by atoms with E-state index in [1.165, 1.54) is 22.1 Å². The summed E-state index contributed by atoms with van der Waals surface area (Å²) in [7, 11) is 0. The molecule has 1 atom stereocenters. The first-order valence-corrected chi connectivity index (χ1v) is 12.5. The topological polar surface area (TPSA) is 84.3 Å². The molecule has 0 radical (unpaired) electrons. The molecule has 0 saturated heterocycles. The van der Waals surface area contributed by atoms with Crippen LogP contribution in [0.3, 0.4) is 0 Å². The van der Waals surface area contributed by atoms with E-state index < -0.39 is 5.91 Å². The van der Waals surface area contributed by atoms with Crippen LogP contribution in [0.15, 0.2) is 79.0 Å². The number of hydrogen-bond donors (Lipinski definition) is 1. The van der Waals surface area contributed by atoms with E-state index in [2.05, 4.69) is 28.6 Å². The van der Waals surface area contributed by atoms with Crippen molar-refractivity contribution in [3.05, 3.63) is 118 Å². The van der Waals surface area contributed by atoms with E-state index >= 15 is 0 Å². The molecule has 4 aromatic rings. The summed E-state index contributed by atoms with van der Waals surface area (Å²) in [6, 6.07) is 22.5. The van der Waals surface area contributed by atoms with Crippen molar-refractivity contribution < 1.29 is 14.4 Å². The molecule has 1 aliphatic heterocycles. The van der Waals surface area contributed by atoms with Crippen LogP contribution in [0.25, 0.3) is 0 Å². The summed E-state index contributed by atoms with van der Waals surface area (Å²) in [5, 5.41) is 7.63. The summed E-state index contributed by atoms with van der Waals surface area (Å²) >= 11 is 0. The van der Waals surface area contributed by atoms with Crippen molar-refractivity contribution in [3.8, 4) is 0 Å². The number of aryl methyl sites for hydroxylation is 2. The van der Waals surface area contributed by atoms with Gasteiger partial charge in [-0.15, -0.1) is 0 Å². The molecule has 2 aliphatic rings. The van der Waals surface area contributed by atoms with Crippen LogP contribution >= 0.6 is 0 Å². The minimum atomic E-state index is -0.390. The number of imide groups is 1. The van der Waals surface area contributed by atoms with Crippen LogP contribution in [0.2, 0.25) is 0 Å². The second-order valence-electron chi connectivity index (χ2n) is 9.62. The predicted molar refractivity (Wildman–Crippen MR) is 140 cm³/mol. The smallest absolute Gasteiger partial charge is 0.261 e. The molecule has 3 amide bonds. The highest BCUT2D eigenvalue weighted by Crippen LogP contribution is 2.35. The number of benzene rings is 3. The lowest BCUT2D eigenvalue weighted by Gasteiger charge is -2.27. The number of amides is 3. The molecule has 1 aliphatic carbocycles. The van der Waals surface area contributed by atoms with E-state index in [9.17, 15) is 14.4 Å². The summed E-state index contributed by atoms with van der Waals surface area (Å²) in [4.78, 5) is 40.6. The SMILES string of the molecule is Cc1cnn(C2CCCc3ccccc32)c1NC(=O)c1ccc2c(c1)C(=O)N(Cc1ccccc1)C2=O. The van der Waals surface area contributed by atoms with Crippen LogP contribution in [0.1, 0.15) is 72.2 Å². The minimum Gasteiger partial charge on any atom is -0.307 e. The molecule has 0 spiro atoms. The molecule has 184 valence electrons. The van der Waals surface area contributed by atoms with Crippen LogP contribution in [0, 0.1) is 6.92 Å². The van der Waals surface area contributed by atoms with Crippen molar-refractivity contribution in [1.82, 2.24) is 14.7 Å². The van der Waals surface area contributed by atoms with Crippen molar-refractivity contribution in [3.63, 3.8) is 0 Å². The van der Waals surface area contributed by atoms with Gasteiger partial charge in [-0.1, -0.05) is 54.6 Å². The number of rotatable bonds is 5. The lowest BCUT2D eigenvalue weighted by Crippen LogP contribution is -2.29. The first-order valence-electron chi connectivity index (χ1n) is 12.5. The van der Waals surface area contributed by atoms with Gasteiger partial charge in [-0.05, 0) is 61.1 Å². The number of carbonyl (C=O) groups excluding carboxylic acids is 3. The molecule has 2 heterocycles. The van der Waals surface area contributed by atoms with Gasteiger partial charge in [-0.3, -0.25) is 19.3 Å². The normalized spacial score (nSPS) is 16.5. The third-order valence-corrected chi connectivity index (χ3v) is 7.26. The molecule has 37 heavy (non-hydrogen) atoms. The second kappa shape index (κ2) is 9.17. The van der Waals surface area contributed by atoms with Crippen molar-refractivity contribution in [2.75, 3.05) is 5.32 Å². The fourth-order valence-corrected chi connectivity index (χ4v) is 5.34. The Bertz CT molecular complexity index is 1540. The maximum absolute atomic E-state index is 13.3. The van der Waals surface area contributed by atoms with Crippen LogP contribution in [-0.4, -0.2) is 32.4 Å². The molecule has 0 fully saturated rings. The van der Waals surface area contributed by atoms with E-state index in [0.717, 1.165) is 30.4 Å². The predicted octanol–water partition coefficient (Wildman–Crippen LogP) is 5.17. The van der Waals surface area contributed by atoms with Gasteiger partial charge in [0.25, 0.3) is 17.7 Å². The fourth-order valence-electron chi connectivity index (χ4n) is 5.34. The molecular formula is C30H26N4O3. The van der Waals surface area contributed by atoms with E-state index in [4.69, 9.17) is 0 Å². The number of carbonyl (C=O) groups is 3. The summed E-state index contributed by atoms with van der Waals surface area (Å²) in [5.74, 6) is -0.446. The zero-order chi connectivity index (χ0) is 25.5. The van der Waals surface area contributed by atoms with Gasteiger partial charge in [-0.25, -0.2) is 4.68 Å². The van der Waals surface area contributed by atoms with Gasteiger partial charge in [-0.2, -0.15) is 5.10 Å². The average Bonchev–Trinajstić information content (AvgIpc) is 3.40. The number of nitrogens with zero attached hydrogens (tertiary/aromatic N) is 3. The lowest BCUT2D eigenvalue weighted by molar-refractivity contribution is 0.0642. The van der Waals surface area contributed by atoms with Crippen molar-refractivity contribution in [1.29, 1.82) is 0 Å². The maximum atomic E-state index is 13.3. The standard InChI is InChI=1S/C30H26N4O3/c1-19-17-31-34(26-13-7-11-21-10-5-6-12-23(21)26)27(19)32-28(35)22-14-15-24-25(16-22)30(37)33(29(24)36)18-20-8-3-2-4-9-20/h2-6,8-10,12,14-17,26H,7,11,13,18H2,1H3,(H,32,35). The molecule has 6 rings (SSSR count). The van der Waals surface area contributed by atoms with Crippen LogP contribution < -0.4 is 5.32 Å². The fraction of sp³-hybridized carbons (Fsp3) is 0.200. The number of anilines is 1. The number of aromatic nitrogens is 2. The molecular weight excluding hydrogens is 464 g/mol. The Morgan fingerprint density at radius 2 is 1.73 bits per heavy atom. The molecule has 3 aromatic carbocycles. The average molecular weight is 491 g/mol. The quantitative estimate of drug-likeness (QED) is 0.392. The Morgan fingerprint density at radius 1 is 0.973 bits per heavy atom.